The van der Waals surface area contributed by atoms with Gasteiger partial charge >= 0.3 is 5.97 Å². The highest BCUT2D eigenvalue weighted by atomic mass is 32.2. The molecular formula is C21H24FNO5S. The summed E-state index contributed by atoms with van der Waals surface area (Å²) in [7, 11) is -3.51. The highest BCUT2D eigenvalue weighted by Gasteiger charge is 2.20. The third-order valence-electron chi connectivity index (χ3n) is 4.05. The lowest BCUT2D eigenvalue weighted by Gasteiger charge is -2.18. The molecule has 0 N–H and O–H groups in total. The standard InChI is InChI=1S/C21H24FNO5S/c1-3-23(4-2)29(25,26)20-12-5-17(6-13-20)7-14-21(24)28-16-15-27-19-10-8-18(22)9-11-19/h5-14H,3-4,15-16H2,1-2H3/b14-7+. The molecule has 0 aliphatic rings. The molecule has 29 heavy (non-hydrogen) atoms. The zero-order valence-corrected chi connectivity index (χ0v) is 17.2. The van der Waals surface area contributed by atoms with Crippen LogP contribution in [0.1, 0.15) is 19.4 Å². The summed E-state index contributed by atoms with van der Waals surface area (Å²) < 4.78 is 49.4. The Bertz CT molecular complexity index is 921. The normalized spacial score (nSPS) is 11.7. The first-order valence-electron chi connectivity index (χ1n) is 9.20. The monoisotopic (exact) mass is 421 g/mol. The number of carbonyl (C=O) groups excluding carboxylic acids is 1. The first kappa shape index (κ1) is 22.6. The van der Waals surface area contributed by atoms with Crippen molar-refractivity contribution in [2.75, 3.05) is 26.3 Å². The topological polar surface area (TPSA) is 72.9 Å². The van der Waals surface area contributed by atoms with E-state index in [-0.39, 0.29) is 23.9 Å². The minimum Gasteiger partial charge on any atom is -0.490 e. The molecule has 0 saturated carbocycles. The largest absolute Gasteiger partial charge is 0.490 e. The Morgan fingerprint density at radius 2 is 1.62 bits per heavy atom. The van der Waals surface area contributed by atoms with E-state index in [0.717, 1.165) is 0 Å². The van der Waals surface area contributed by atoms with Gasteiger partial charge in [0, 0.05) is 19.2 Å². The van der Waals surface area contributed by atoms with Crippen LogP contribution in [0.3, 0.4) is 0 Å². The van der Waals surface area contributed by atoms with Gasteiger partial charge in [0.2, 0.25) is 10.0 Å². The molecule has 0 saturated heterocycles. The smallest absolute Gasteiger partial charge is 0.330 e. The third kappa shape index (κ3) is 6.69. The van der Waals surface area contributed by atoms with Gasteiger partial charge in [-0.25, -0.2) is 17.6 Å². The predicted octanol–water partition coefficient (Wildman–Crippen LogP) is 3.49. The number of hydrogen-bond donors (Lipinski definition) is 0. The minimum absolute atomic E-state index is 0.0433. The van der Waals surface area contributed by atoms with Crippen LogP contribution in [0.15, 0.2) is 59.5 Å². The van der Waals surface area contributed by atoms with Crippen LogP contribution in [-0.2, 0) is 19.6 Å². The van der Waals surface area contributed by atoms with Crippen LogP contribution in [0.2, 0.25) is 0 Å². The average Bonchev–Trinajstić information content (AvgIpc) is 2.72. The molecule has 0 heterocycles. The molecule has 6 nitrogen and oxygen atoms in total. The maximum atomic E-state index is 12.8. The lowest BCUT2D eigenvalue weighted by atomic mass is 10.2. The highest BCUT2D eigenvalue weighted by Crippen LogP contribution is 2.17. The number of esters is 1. The van der Waals surface area contributed by atoms with Crippen LogP contribution in [-0.4, -0.2) is 45.0 Å². The Labute approximate surface area is 170 Å². The molecule has 0 aliphatic heterocycles. The maximum absolute atomic E-state index is 12.8. The number of ether oxygens (including phenoxy) is 2. The molecule has 0 aromatic heterocycles. The first-order chi connectivity index (χ1) is 13.9. The molecule has 0 unspecified atom stereocenters. The molecule has 2 aromatic rings. The molecule has 2 rings (SSSR count). The predicted molar refractivity (Wildman–Crippen MR) is 108 cm³/mol. The molecule has 0 fully saturated rings. The molecular weight excluding hydrogens is 397 g/mol. The minimum atomic E-state index is -3.51. The van der Waals surface area contributed by atoms with E-state index in [1.807, 2.05) is 0 Å². The Morgan fingerprint density at radius 1 is 1.00 bits per heavy atom. The summed E-state index contributed by atoms with van der Waals surface area (Å²) in [6.07, 6.45) is 2.79. The van der Waals surface area contributed by atoms with Crippen molar-refractivity contribution in [2.45, 2.75) is 18.7 Å². The van der Waals surface area contributed by atoms with Gasteiger partial charge in [0.25, 0.3) is 0 Å². The maximum Gasteiger partial charge on any atom is 0.330 e. The number of hydrogen-bond acceptors (Lipinski definition) is 5. The van der Waals surface area contributed by atoms with Crippen LogP contribution in [0.5, 0.6) is 5.75 Å². The van der Waals surface area contributed by atoms with E-state index in [2.05, 4.69) is 0 Å². The lowest BCUT2D eigenvalue weighted by Crippen LogP contribution is -2.30. The third-order valence-corrected chi connectivity index (χ3v) is 6.11. The number of nitrogens with zero attached hydrogens (tertiary/aromatic N) is 1. The molecule has 0 amide bonds. The Balaban J connectivity index is 1.83. The molecule has 0 bridgehead atoms. The van der Waals surface area contributed by atoms with E-state index in [1.54, 1.807) is 26.0 Å². The summed E-state index contributed by atoms with van der Waals surface area (Å²) in [5.41, 5.74) is 0.669. The van der Waals surface area contributed by atoms with Gasteiger partial charge in [-0.3, -0.25) is 0 Å². The second-order valence-electron chi connectivity index (χ2n) is 5.96. The number of carbonyl (C=O) groups is 1. The summed E-state index contributed by atoms with van der Waals surface area (Å²) in [5, 5.41) is 0. The SMILES string of the molecule is CCN(CC)S(=O)(=O)c1ccc(/C=C/C(=O)OCCOc2ccc(F)cc2)cc1. The van der Waals surface area contributed by atoms with Crippen molar-refractivity contribution in [3.63, 3.8) is 0 Å². The summed E-state index contributed by atoms with van der Waals surface area (Å²) in [5.74, 6) is -0.419. The van der Waals surface area contributed by atoms with Gasteiger partial charge in [0.1, 0.15) is 24.8 Å². The molecule has 0 aliphatic carbocycles. The van der Waals surface area contributed by atoms with E-state index in [9.17, 15) is 17.6 Å². The average molecular weight is 421 g/mol. The Hall–Kier alpha value is -2.71. The van der Waals surface area contributed by atoms with Crippen LogP contribution in [0.4, 0.5) is 4.39 Å². The van der Waals surface area contributed by atoms with E-state index in [4.69, 9.17) is 9.47 Å². The van der Waals surface area contributed by atoms with Crippen molar-refractivity contribution >= 4 is 22.1 Å². The van der Waals surface area contributed by atoms with E-state index >= 15 is 0 Å². The quantitative estimate of drug-likeness (QED) is 0.334. The number of halogens is 1. The summed E-state index contributed by atoms with van der Waals surface area (Å²) in [6, 6.07) is 11.8. The number of rotatable bonds is 10. The van der Waals surface area contributed by atoms with Crippen LogP contribution in [0.25, 0.3) is 6.08 Å². The van der Waals surface area contributed by atoms with Gasteiger partial charge < -0.3 is 9.47 Å². The van der Waals surface area contributed by atoms with E-state index < -0.39 is 16.0 Å². The van der Waals surface area contributed by atoms with E-state index in [0.29, 0.717) is 24.4 Å². The van der Waals surface area contributed by atoms with Gasteiger partial charge in [0.05, 0.1) is 4.90 Å². The van der Waals surface area contributed by atoms with Crippen LogP contribution in [0, 0.1) is 5.82 Å². The summed E-state index contributed by atoms with van der Waals surface area (Å²) >= 11 is 0. The second-order valence-corrected chi connectivity index (χ2v) is 7.90. The second kappa shape index (κ2) is 10.7. The fourth-order valence-corrected chi connectivity index (χ4v) is 3.97. The van der Waals surface area contributed by atoms with E-state index in [1.165, 1.54) is 52.9 Å². The molecule has 8 heteroatoms. The lowest BCUT2D eigenvalue weighted by molar-refractivity contribution is -0.138. The molecule has 0 radical (unpaired) electrons. The van der Waals surface area contributed by atoms with Gasteiger partial charge in [-0.05, 0) is 48.0 Å². The molecule has 156 valence electrons. The van der Waals surface area contributed by atoms with Crippen molar-refractivity contribution in [3.8, 4) is 5.75 Å². The molecule has 2 aromatic carbocycles. The number of benzene rings is 2. The van der Waals surface area contributed by atoms with Crippen molar-refractivity contribution in [2.24, 2.45) is 0 Å². The Kier molecular flexibility index (Phi) is 8.35. The van der Waals surface area contributed by atoms with Crippen molar-refractivity contribution in [1.29, 1.82) is 0 Å². The number of sulfonamides is 1. The van der Waals surface area contributed by atoms with Gasteiger partial charge in [0.15, 0.2) is 0 Å². The van der Waals surface area contributed by atoms with Crippen molar-refractivity contribution in [1.82, 2.24) is 4.31 Å². The zero-order valence-electron chi connectivity index (χ0n) is 16.4. The summed E-state index contributed by atoms with van der Waals surface area (Å²) in [6.45, 7) is 4.56. The van der Waals surface area contributed by atoms with Gasteiger partial charge in [-0.1, -0.05) is 26.0 Å². The highest BCUT2D eigenvalue weighted by molar-refractivity contribution is 7.89. The van der Waals surface area contributed by atoms with Crippen molar-refractivity contribution in [3.05, 3.63) is 66.0 Å². The first-order valence-corrected chi connectivity index (χ1v) is 10.6. The zero-order chi connectivity index (χ0) is 21.3. The van der Waals surface area contributed by atoms with Crippen LogP contribution >= 0.6 is 0 Å². The Morgan fingerprint density at radius 3 is 2.21 bits per heavy atom. The van der Waals surface area contributed by atoms with Gasteiger partial charge in [-0.15, -0.1) is 0 Å². The molecule has 0 atom stereocenters. The summed E-state index contributed by atoms with van der Waals surface area (Å²) in [4.78, 5) is 12.0. The molecule has 0 spiro atoms. The van der Waals surface area contributed by atoms with Gasteiger partial charge in [-0.2, -0.15) is 4.31 Å². The van der Waals surface area contributed by atoms with Crippen molar-refractivity contribution < 1.29 is 27.1 Å². The fraction of sp³-hybridized carbons (Fsp3) is 0.286. The van der Waals surface area contributed by atoms with Crippen LogP contribution < -0.4 is 4.74 Å². The fourth-order valence-electron chi connectivity index (χ4n) is 2.51.